The Hall–Kier alpha value is -2.22. The molecule has 152 valence electrons. The molecule has 9 heteroatoms. The third-order valence-corrected chi connectivity index (χ3v) is 4.36. The van der Waals surface area contributed by atoms with Gasteiger partial charge in [0.25, 0.3) is 5.69 Å². The van der Waals surface area contributed by atoms with Crippen molar-refractivity contribution in [2.24, 2.45) is 0 Å². The molecule has 0 bridgehead atoms. The SMILES string of the molecule is CCOc1cc(CNCCNc2ccc([N+](=O)[O-])cc2Cl)cc(Cl)c1OCC. The molecule has 0 aliphatic rings. The number of rotatable bonds is 11. The molecule has 0 amide bonds. The van der Waals surface area contributed by atoms with Crippen LogP contribution in [0.15, 0.2) is 30.3 Å². The van der Waals surface area contributed by atoms with Crippen LogP contribution in [0.1, 0.15) is 19.4 Å². The standard InChI is InChI=1S/C19H23Cl2N3O4/c1-3-27-18-10-13(9-16(21)19(18)28-4-2)12-22-7-8-23-17-6-5-14(24(25)26)11-15(17)20/h5-6,9-11,22-23H,3-4,7-8,12H2,1-2H3. The van der Waals surface area contributed by atoms with Crippen LogP contribution in [-0.2, 0) is 6.54 Å². The van der Waals surface area contributed by atoms with E-state index in [-0.39, 0.29) is 5.69 Å². The van der Waals surface area contributed by atoms with Crippen molar-refractivity contribution in [3.63, 3.8) is 0 Å². The highest BCUT2D eigenvalue weighted by Crippen LogP contribution is 2.36. The van der Waals surface area contributed by atoms with Crippen molar-refractivity contribution in [3.8, 4) is 11.5 Å². The number of hydrogen-bond acceptors (Lipinski definition) is 6. The van der Waals surface area contributed by atoms with Crippen molar-refractivity contribution in [1.82, 2.24) is 5.32 Å². The van der Waals surface area contributed by atoms with Gasteiger partial charge in [-0.2, -0.15) is 0 Å². The minimum atomic E-state index is -0.477. The number of nitro benzene ring substituents is 1. The van der Waals surface area contributed by atoms with E-state index in [4.69, 9.17) is 32.7 Å². The largest absolute Gasteiger partial charge is 0.490 e. The van der Waals surface area contributed by atoms with Crippen LogP contribution in [0.5, 0.6) is 11.5 Å². The van der Waals surface area contributed by atoms with E-state index < -0.39 is 4.92 Å². The molecular weight excluding hydrogens is 405 g/mol. The molecule has 0 atom stereocenters. The van der Waals surface area contributed by atoms with Gasteiger partial charge in [-0.25, -0.2) is 0 Å². The Morgan fingerprint density at radius 1 is 1.04 bits per heavy atom. The molecule has 7 nitrogen and oxygen atoms in total. The Balaban J connectivity index is 1.87. The fourth-order valence-electron chi connectivity index (χ4n) is 2.55. The van der Waals surface area contributed by atoms with Crippen LogP contribution < -0.4 is 20.1 Å². The number of non-ortho nitro benzene ring substituents is 1. The summed E-state index contributed by atoms with van der Waals surface area (Å²) in [4.78, 5) is 10.3. The molecule has 28 heavy (non-hydrogen) atoms. The summed E-state index contributed by atoms with van der Waals surface area (Å²) in [5.74, 6) is 1.19. The van der Waals surface area contributed by atoms with Crippen LogP contribution in [0.4, 0.5) is 11.4 Å². The van der Waals surface area contributed by atoms with Crippen molar-refractivity contribution in [2.75, 3.05) is 31.6 Å². The fourth-order valence-corrected chi connectivity index (χ4v) is 3.08. The zero-order chi connectivity index (χ0) is 20.5. The first-order valence-electron chi connectivity index (χ1n) is 8.92. The second-order valence-electron chi connectivity index (χ2n) is 5.80. The molecule has 0 heterocycles. The zero-order valence-electron chi connectivity index (χ0n) is 15.8. The van der Waals surface area contributed by atoms with Gasteiger partial charge in [0.15, 0.2) is 11.5 Å². The Morgan fingerprint density at radius 2 is 1.79 bits per heavy atom. The highest BCUT2D eigenvalue weighted by Gasteiger charge is 2.12. The maximum atomic E-state index is 10.7. The second kappa shape index (κ2) is 10.9. The third kappa shape index (κ3) is 6.15. The van der Waals surface area contributed by atoms with E-state index in [1.165, 1.54) is 12.1 Å². The lowest BCUT2D eigenvalue weighted by molar-refractivity contribution is -0.384. The molecule has 2 aromatic carbocycles. The average molecular weight is 428 g/mol. The maximum Gasteiger partial charge on any atom is 0.271 e. The molecular formula is C19H23Cl2N3O4. The van der Waals surface area contributed by atoms with E-state index in [2.05, 4.69) is 10.6 Å². The number of hydrogen-bond donors (Lipinski definition) is 2. The minimum Gasteiger partial charge on any atom is -0.490 e. The Bertz CT molecular complexity index is 818. The summed E-state index contributed by atoms with van der Waals surface area (Å²) in [6.45, 7) is 6.68. The zero-order valence-corrected chi connectivity index (χ0v) is 17.3. The molecule has 2 aromatic rings. The van der Waals surface area contributed by atoms with Crippen LogP contribution in [0.25, 0.3) is 0 Å². The maximum absolute atomic E-state index is 10.7. The van der Waals surface area contributed by atoms with E-state index in [0.29, 0.717) is 60.1 Å². The molecule has 0 radical (unpaired) electrons. The van der Waals surface area contributed by atoms with E-state index in [9.17, 15) is 10.1 Å². The molecule has 2 N–H and O–H groups in total. The number of nitro groups is 1. The predicted molar refractivity (Wildman–Crippen MR) is 112 cm³/mol. The lowest BCUT2D eigenvalue weighted by atomic mass is 10.2. The number of nitrogens with one attached hydrogen (secondary N) is 2. The summed E-state index contributed by atoms with van der Waals surface area (Å²) in [7, 11) is 0. The van der Waals surface area contributed by atoms with Crippen LogP contribution in [0, 0.1) is 10.1 Å². The van der Waals surface area contributed by atoms with Gasteiger partial charge in [0, 0.05) is 31.8 Å². The van der Waals surface area contributed by atoms with Gasteiger partial charge in [0.05, 0.1) is 33.9 Å². The summed E-state index contributed by atoms with van der Waals surface area (Å²) in [6, 6.07) is 8.10. The summed E-state index contributed by atoms with van der Waals surface area (Å²) in [6.07, 6.45) is 0. The Morgan fingerprint density at radius 3 is 2.43 bits per heavy atom. The van der Waals surface area contributed by atoms with E-state index in [0.717, 1.165) is 5.56 Å². The van der Waals surface area contributed by atoms with Gasteiger partial charge in [-0.15, -0.1) is 0 Å². The lowest BCUT2D eigenvalue weighted by Crippen LogP contribution is -2.22. The highest BCUT2D eigenvalue weighted by molar-refractivity contribution is 6.33. The summed E-state index contributed by atoms with van der Waals surface area (Å²) in [5.41, 5.74) is 1.59. The van der Waals surface area contributed by atoms with Crippen LogP contribution in [0.2, 0.25) is 10.0 Å². The summed E-state index contributed by atoms with van der Waals surface area (Å²) < 4.78 is 11.2. The number of anilines is 1. The molecule has 0 aromatic heterocycles. The minimum absolute atomic E-state index is 0.0360. The number of benzene rings is 2. The van der Waals surface area contributed by atoms with E-state index in [1.807, 2.05) is 26.0 Å². The number of ether oxygens (including phenoxy) is 2. The third-order valence-electron chi connectivity index (χ3n) is 3.77. The van der Waals surface area contributed by atoms with Gasteiger partial charge in [-0.05, 0) is 37.6 Å². The van der Waals surface area contributed by atoms with Gasteiger partial charge >= 0.3 is 0 Å². The van der Waals surface area contributed by atoms with Crippen LogP contribution in [-0.4, -0.2) is 31.2 Å². The van der Waals surface area contributed by atoms with Gasteiger partial charge in [0.1, 0.15) is 0 Å². The van der Waals surface area contributed by atoms with Crippen LogP contribution >= 0.6 is 23.2 Å². The molecule has 0 unspecified atom stereocenters. The molecule has 2 rings (SSSR count). The van der Waals surface area contributed by atoms with Gasteiger partial charge in [-0.1, -0.05) is 23.2 Å². The first-order valence-corrected chi connectivity index (χ1v) is 9.68. The predicted octanol–water partition coefficient (Wildman–Crippen LogP) is 4.90. The van der Waals surface area contributed by atoms with Crippen molar-refractivity contribution >= 4 is 34.6 Å². The normalized spacial score (nSPS) is 10.6. The smallest absolute Gasteiger partial charge is 0.271 e. The van der Waals surface area contributed by atoms with E-state index in [1.54, 1.807) is 6.07 Å². The summed E-state index contributed by atoms with van der Waals surface area (Å²) >= 11 is 12.4. The Labute approximate surface area is 174 Å². The van der Waals surface area contributed by atoms with Gasteiger partial charge in [0.2, 0.25) is 0 Å². The van der Waals surface area contributed by atoms with Gasteiger partial charge < -0.3 is 20.1 Å². The average Bonchev–Trinajstić information content (AvgIpc) is 2.65. The Kier molecular flexibility index (Phi) is 8.63. The van der Waals surface area contributed by atoms with Crippen molar-refractivity contribution < 1.29 is 14.4 Å². The topological polar surface area (TPSA) is 85.7 Å². The summed E-state index contributed by atoms with van der Waals surface area (Å²) in [5, 5.41) is 18.0. The molecule has 0 aliphatic heterocycles. The number of nitrogens with zero attached hydrogens (tertiary/aromatic N) is 1. The second-order valence-corrected chi connectivity index (χ2v) is 6.61. The van der Waals surface area contributed by atoms with E-state index >= 15 is 0 Å². The monoisotopic (exact) mass is 427 g/mol. The van der Waals surface area contributed by atoms with Gasteiger partial charge in [-0.3, -0.25) is 10.1 Å². The molecule has 0 saturated carbocycles. The highest BCUT2D eigenvalue weighted by atomic mass is 35.5. The molecule has 0 aliphatic carbocycles. The first-order chi connectivity index (χ1) is 13.5. The molecule has 0 spiro atoms. The lowest BCUT2D eigenvalue weighted by Gasteiger charge is -2.15. The fraction of sp³-hybridized carbons (Fsp3) is 0.368. The molecule has 0 fully saturated rings. The van der Waals surface area contributed by atoms with Crippen molar-refractivity contribution in [2.45, 2.75) is 20.4 Å². The number of halogens is 2. The van der Waals surface area contributed by atoms with Crippen LogP contribution in [0.3, 0.4) is 0 Å². The first kappa shape index (κ1) is 22.1. The van der Waals surface area contributed by atoms with Crippen molar-refractivity contribution in [1.29, 1.82) is 0 Å². The quantitative estimate of drug-likeness (QED) is 0.301. The van der Waals surface area contributed by atoms with Crippen molar-refractivity contribution in [3.05, 3.63) is 56.1 Å². The molecule has 0 saturated heterocycles.